The maximum atomic E-state index is 12.5. The molecule has 0 aliphatic rings. The summed E-state index contributed by atoms with van der Waals surface area (Å²) < 4.78 is 3.25. The highest BCUT2D eigenvalue weighted by molar-refractivity contribution is 6.05. The number of benzene rings is 1. The van der Waals surface area contributed by atoms with Crippen LogP contribution in [0.5, 0.6) is 0 Å². The topological polar surface area (TPSA) is 108 Å². The van der Waals surface area contributed by atoms with Crippen molar-refractivity contribution in [3.63, 3.8) is 0 Å². The van der Waals surface area contributed by atoms with Gasteiger partial charge < -0.3 is 5.32 Å². The number of aromatic nitrogens is 4. The van der Waals surface area contributed by atoms with Crippen molar-refractivity contribution in [2.75, 3.05) is 5.32 Å². The maximum Gasteiger partial charge on any atom is 0.320 e. The minimum Gasteiger partial charge on any atom is -0.320 e. The van der Waals surface area contributed by atoms with Crippen molar-refractivity contribution in [2.45, 2.75) is 33.9 Å². The van der Waals surface area contributed by atoms with Gasteiger partial charge in [-0.3, -0.25) is 24.3 Å². The first-order valence-electron chi connectivity index (χ1n) is 8.50. The van der Waals surface area contributed by atoms with Gasteiger partial charge in [-0.15, -0.1) is 0 Å². The fraction of sp³-hybridized carbons (Fsp3) is 0.278. The molecule has 140 valence electrons. The van der Waals surface area contributed by atoms with Crippen molar-refractivity contribution in [1.82, 2.24) is 19.6 Å². The predicted octanol–water partition coefficient (Wildman–Crippen LogP) is 2.93. The summed E-state index contributed by atoms with van der Waals surface area (Å²) in [5, 5.41) is 22.3. The first-order chi connectivity index (χ1) is 12.9. The van der Waals surface area contributed by atoms with E-state index in [4.69, 9.17) is 0 Å². The van der Waals surface area contributed by atoms with Crippen LogP contribution in [0.3, 0.4) is 0 Å². The molecule has 2 heterocycles. The van der Waals surface area contributed by atoms with Crippen molar-refractivity contribution in [2.24, 2.45) is 0 Å². The van der Waals surface area contributed by atoms with Crippen molar-refractivity contribution in [3.8, 4) is 0 Å². The van der Waals surface area contributed by atoms with Crippen LogP contribution >= 0.6 is 0 Å². The Morgan fingerprint density at radius 2 is 2.04 bits per heavy atom. The van der Waals surface area contributed by atoms with Gasteiger partial charge in [-0.05, 0) is 44.5 Å². The number of amides is 1. The molecule has 0 saturated carbocycles. The molecule has 1 aromatic carbocycles. The number of hydrogen-bond donors (Lipinski definition) is 1. The Balaban J connectivity index is 1.80. The highest BCUT2D eigenvalue weighted by Crippen LogP contribution is 2.19. The van der Waals surface area contributed by atoms with E-state index in [9.17, 15) is 14.9 Å². The van der Waals surface area contributed by atoms with Crippen LogP contribution in [0.2, 0.25) is 0 Å². The number of nitro groups is 1. The van der Waals surface area contributed by atoms with Gasteiger partial charge in [0.25, 0.3) is 5.91 Å². The third kappa shape index (κ3) is 4.02. The van der Waals surface area contributed by atoms with Crippen LogP contribution < -0.4 is 5.32 Å². The Hall–Kier alpha value is -3.49. The molecule has 3 rings (SSSR count). The van der Waals surface area contributed by atoms with Crippen LogP contribution in [-0.4, -0.2) is 30.4 Å². The van der Waals surface area contributed by atoms with Crippen LogP contribution in [0.1, 0.15) is 34.4 Å². The lowest BCUT2D eigenvalue weighted by molar-refractivity contribution is -0.385. The third-order valence-corrected chi connectivity index (χ3v) is 4.10. The molecule has 0 aliphatic carbocycles. The summed E-state index contributed by atoms with van der Waals surface area (Å²) in [6.07, 6.45) is 1.26. The number of nitrogens with zero attached hydrogens (tertiary/aromatic N) is 5. The van der Waals surface area contributed by atoms with E-state index in [1.54, 1.807) is 13.0 Å². The van der Waals surface area contributed by atoms with Gasteiger partial charge >= 0.3 is 5.69 Å². The number of anilines is 1. The SMILES string of the molecule is CCn1cc([N+](=O)[O-])c(C(=O)Nc2cccc(Cn3nc(C)cc3C)c2)n1. The molecular formula is C18H20N6O3. The van der Waals surface area contributed by atoms with Gasteiger partial charge in [0.2, 0.25) is 5.69 Å². The van der Waals surface area contributed by atoms with E-state index in [0.717, 1.165) is 17.0 Å². The monoisotopic (exact) mass is 368 g/mol. The molecule has 0 radical (unpaired) electrons. The van der Waals surface area contributed by atoms with E-state index >= 15 is 0 Å². The van der Waals surface area contributed by atoms with Crippen LogP contribution in [-0.2, 0) is 13.1 Å². The fourth-order valence-electron chi connectivity index (χ4n) is 2.81. The third-order valence-electron chi connectivity index (χ3n) is 4.10. The summed E-state index contributed by atoms with van der Waals surface area (Å²) in [5.74, 6) is -0.614. The van der Waals surface area contributed by atoms with Crippen molar-refractivity contribution in [3.05, 3.63) is 69.3 Å². The van der Waals surface area contributed by atoms with Crippen molar-refractivity contribution >= 4 is 17.3 Å². The number of carbonyl (C=O) groups excluding carboxylic acids is 1. The Bertz CT molecular complexity index is 1000. The van der Waals surface area contributed by atoms with Gasteiger partial charge in [-0.2, -0.15) is 10.2 Å². The predicted molar refractivity (Wildman–Crippen MR) is 99.8 cm³/mol. The standard InChI is InChI=1S/C18H20N6O3/c1-4-22-11-16(24(26)27)17(21-22)18(25)19-15-7-5-6-14(9-15)10-23-13(3)8-12(2)20-23/h5-9,11H,4,10H2,1-3H3,(H,19,25). The molecule has 0 aliphatic heterocycles. The van der Waals surface area contributed by atoms with Gasteiger partial charge in [-0.1, -0.05) is 12.1 Å². The van der Waals surface area contributed by atoms with Gasteiger partial charge in [0.1, 0.15) is 6.20 Å². The van der Waals surface area contributed by atoms with Crippen LogP contribution in [0.4, 0.5) is 11.4 Å². The first-order valence-corrected chi connectivity index (χ1v) is 8.50. The second-order valence-electron chi connectivity index (χ2n) is 6.22. The fourth-order valence-corrected chi connectivity index (χ4v) is 2.81. The first kappa shape index (κ1) is 18.3. The smallest absolute Gasteiger partial charge is 0.320 e. The minimum absolute atomic E-state index is 0.203. The largest absolute Gasteiger partial charge is 0.320 e. The zero-order valence-corrected chi connectivity index (χ0v) is 15.3. The molecule has 2 aromatic heterocycles. The summed E-state index contributed by atoms with van der Waals surface area (Å²) in [6.45, 7) is 6.71. The lowest BCUT2D eigenvalue weighted by Crippen LogP contribution is -2.15. The number of hydrogen-bond acceptors (Lipinski definition) is 5. The van der Waals surface area contributed by atoms with Crippen molar-refractivity contribution < 1.29 is 9.72 Å². The summed E-state index contributed by atoms with van der Waals surface area (Å²) in [5.41, 5.74) is 2.96. The molecule has 0 bridgehead atoms. The van der Waals surface area contributed by atoms with E-state index in [2.05, 4.69) is 15.5 Å². The molecule has 1 amide bonds. The summed E-state index contributed by atoms with van der Waals surface area (Å²) in [7, 11) is 0. The molecule has 0 atom stereocenters. The highest BCUT2D eigenvalue weighted by Gasteiger charge is 2.25. The zero-order chi connectivity index (χ0) is 19.6. The Morgan fingerprint density at radius 1 is 1.26 bits per heavy atom. The summed E-state index contributed by atoms with van der Waals surface area (Å²) in [4.78, 5) is 23.0. The van der Waals surface area contributed by atoms with Gasteiger partial charge in [0.05, 0.1) is 17.2 Å². The molecule has 9 heteroatoms. The molecule has 0 unspecified atom stereocenters. The van der Waals surface area contributed by atoms with E-state index in [0.29, 0.717) is 18.8 Å². The highest BCUT2D eigenvalue weighted by atomic mass is 16.6. The number of carbonyl (C=O) groups is 1. The van der Waals surface area contributed by atoms with E-state index in [1.165, 1.54) is 10.9 Å². The zero-order valence-electron chi connectivity index (χ0n) is 15.3. The lowest BCUT2D eigenvalue weighted by Gasteiger charge is -2.08. The Kier molecular flexibility index (Phi) is 5.02. The summed E-state index contributed by atoms with van der Waals surface area (Å²) in [6, 6.07) is 9.28. The molecular weight excluding hydrogens is 348 g/mol. The van der Waals surface area contributed by atoms with Crippen LogP contribution in [0.15, 0.2) is 36.5 Å². The molecule has 0 spiro atoms. The molecule has 1 N–H and O–H groups in total. The van der Waals surface area contributed by atoms with Crippen LogP contribution in [0.25, 0.3) is 0 Å². The number of rotatable bonds is 6. The molecule has 9 nitrogen and oxygen atoms in total. The van der Waals surface area contributed by atoms with Gasteiger partial charge in [0.15, 0.2) is 0 Å². The second kappa shape index (κ2) is 7.40. The Morgan fingerprint density at radius 3 is 2.67 bits per heavy atom. The van der Waals surface area contributed by atoms with E-state index in [-0.39, 0.29) is 11.4 Å². The normalized spacial score (nSPS) is 10.8. The van der Waals surface area contributed by atoms with E-state index < -0.39 is 10.8 Å². The molecule has 27 heavy (non-hydrogen) atoms. The molecule has 3 aromatic rings. The minimum atomic E-state index is -0.614. The quantitative estimate of drug-likeness (QED) is 0.532. The Labute approximate surface area is 155 Å². The summed E-state index contributed by atoms with van der Waals surface area (Å²) >= 11 is 0. The van der Waals surface area contributed by atoms with Gasteiger partial charge in [-0.25, -0.2) is 0 Å². The average Bonchev–Trinajstić information content (AvgIpc) is 3.18. The van der Waals surface area contributed by atoms with Gasteiger partial charge in [0, 0.05) is 17.9 Å². The number of nitrogens with one attached hydrogen (secondary N) is 1. The average molecular weight is 368 g/mol. The number of aryl methyl sites for hydroxylation is 3. The lowest BCUT2D eigenvalue weighted by atomic mass is 10.2. The van der Waals surface area contributed by atoms with Crippen LogP contribution in [0, 0.1) is 24.0 Å². The van der Waals surface area contributed by atoms with E-state index in [1.807, 2.05) is 42.8 Å². The second-order valence-corrected chi connectivity index (χ2v) is 6.22. The molecule has 0 saturated heterocycles. The molecule has 0 fully saturated rings. The maximum absolute atomic E-state index is 12.5. The van der Waals surface area contributed by atoms with Crippen molar-refractivity contribution in [1.29, 1.82) is 0 Å².